The van der Waals surface area contributed by atoms with Crippen LogP contribution in [-0.2, 0) is 11.3 Å². The van der Waals surface area contributed by atoms with Crippen molar-refractivity contribution in [3.8, 4) is 5.75 Å². The van der Waals surface area contributed by atoms with Crippen molar-refractivity contribution in [1.82, 2.24) is 10.2 Å². The van der Waals surface area contributed by atoms with Gasteiger partial charge in [0.25, 0.3) is 0 Å². The molecule has 0 saturated carbocycles. The number of guanidine groups is 1. The van der Waals surface area contributed by atoms with Gasteiger partial charge in [-0.15, -0.1) is 24.0 Å². The van der Waals surface area contributed by atoms with E-state index >= 15 is 0 Å². The third kappa shape index (κ3) is 9.12. The second kappa shape index (κ2) is 13.0. The SMILES string of the molecule is CCNC(=NCCOc1cccc(NC(C)=O)c1)N(C)Cc1ccc(F)cc1.I. The zero-order valence-corrected chi connectivity index (χ0v) is 19.3. The van der Waals surface area contributed by atoms with E-state index in [0.29, 0.717) is 31.1 Å². The first-order valence-electron chi connectivity index (χ1n) is 9.22. The Kier molecular flexibility index (Phi) is 11.0. The fourth-order valence-electron chi connectivity index (χ4n) is 2.59. The Hall–Kier alpha value is -2.36. The molecule has 0 spiro atoms. The standard InChI is InChI=1S/C21H27FN4O2.HI/c1-4-23-21(26(3)15-17-8-10-18(22)11-9-17)24-12-13-28-20-7-5-6-19(14-20)25-16(2)27;/h5-11,14H,4,12-13,15H2,1-3H3,(H,23,24)(H,25,27);1H. The molecular weight excluding hydrogens is 486 g/mol. The van der Waals surface area contributed by atoms with Crippen LogP contribution in [0, 0.1) is 5.82 Å². The molecule has 6 nitrogen and oxygen atoms in total. The molecule has 0 aliphatic carbocycles. The average molecular weight is 514 g/mol. The Morgan fingerprint density at radius 1 is 1.21 bits per heavy atom. The van der Waals surface area contributed by atoms with Crippen LogP contribution in [0.5, 0.6) is 5.75 Å². The Labute approximate surface area is 188 Å². The fourth-order valence-corrected chi connectivity index (χ4v) is 2.59. The highest BCUT2D eigenvalue weighted by Gasteiger charge is 2.07. The summed E-state index contributed by atoms with van der Waals surface area (Å²) >= 11 is 0. The lowest BCUT2D eigenvalue weighted by atomic mass is 10.2. The average Bonchev–Trinajstić information content (AvgIpc) is 2.66. The van der Waals surface area contributed by atoms with Crippen LogP contribution in [0.1, 0.15) is 19.4 Å². The van der Waals surface area contributed by atoms with Crippen LogP contribution < -0.4 is 15.4 Å². The first kappa shape index (κ1) is 24.7. The van der Waals surface area contributed by atoms with E-state index in [4.69, 9.17) is 4.74 Å². The Bertz CT molecular complexity index is 800. The number of aliphatic imine (C=N–C) groups is 1. The molecule has 2 aromatic carbocycles. The molecule has 0 aliphatic rings. The number of rotatable bonds is 8. The molecule has 158 valence electrons. The molecule has 0 unspecified atom stereocenters. The maximum atomic E-state index is 13.1. The van der Waals surface area contributed by atoms with Crippen LogP contribution in [-0.4, -0.2) is 43.5 Å². The molecule has 8 heteroatoms. The summed E-state index contributed by atoms with van der Waals surface area (Å²) in [5, 5.41) is 5.97. The maximum Gasteiger partial charge on any atom is 0.221 e. The second-order valence-corrected chi connectivity index (χ2v) is 6.28. The Morgan fingerprint density at radius 2 is 1.93 bits per heavy atom. The summed E-state index contributed by atoms with van der Waals surface area (Å²) < 4.78 is 18.8. The molecule has 29 heavy (non-hydrogen) atoms. The molecule has 2 aromatic rings. The zero-order valence-electron chi connectivity index (χ0n) is 16.9. The highest BCUT2D eigenvalue weighted by Crippen LogP contribution is 2.17. The van der Waals surface area contributed by atoms with Gasteiger partial charge in [0.15, 0.2) is 5.96 Å². The van der Waals surface area contributed by atoms with Gasteiger partial charge in [-0.3, -0.25) is 4.79 Å². The molecule has 0 saturated heterocycles. The van der Waals surface area contributed by atoms with Crippen molar-refractivity contribution in [2.24, 2.45) is 4.99 Å². The van der Waals surface area contributed by atoms with Crippen molar-refractivity contribution < 1.29 is 13.9 Å². The Morgan fingerprint density at radius 3 is 2.59 bits per heavy atom. The van der Waals surface area contributed by atoms with Gasteiger partial charge in [-0.1, -0.05) is 18.2 Å². The number of benzene rings is 2. The van der Waals surface area contributed by atoms with Gasteiger partial charge in [-0.25, -0.2) is 9.38 Å². The maximum absolute atomic E-state index is 13.1. The summed E-state index contributed by atoms with van der Waals surface area (Å²) in [6.45, 7) is 5.71. The third-order valence-electron chi connectivity index (χ3n) is 3.81. The summed E-state index contributed by atoms with van der Waals surface area (Å²) in [4.78, 5) is 17.7. The number of nitrogens with one attached hydrogen (secondary N) is 2. The first-order valence-corrected chi connectivity index (χ1v) is 9.22. The fraction of sp³-hybridized carbons (Fsp3) is 0.333. The van der Waals surface area contributed by atoms with Crippen molar-refractivity contribution in [3.05, 3.63) is 59.9 Å². The number of hydrogen-bond donors (Lipinski definition) is 2. The molecule has 0 aromatic heterocycles. The second-order valence-electron chi connectivity index (χ2n) is 6.28. The van der Waals surface area contributed by atoms with Crippen molar-refractivity contribution in [3.63, 3.8) is 0 Å². The van der Waals surface area contributed by atoms with Gasteiger partial charge in [-0.05, 0) is 36.8 Å². The van der Waals surface area contributed by atoms with E-state index in [1.165, 1.54) is 19.1 Å². The highest BCUT2D eigenvalue weighted by atomic mass is 127. The van der Waals surface area contributed by atoms with Gasteiger partial charge >= 0.3 is 0 Å². The van der Waals surface area contributed by atoms with Crippen LogP contribution >= 0.6 is 24.0 Å². The smallest absolute Gasteiger partial charge is 0.221 e. The minimum absolute atomic E-state index is 0. The van der Waals surface area contributed by atoms with Gasteiger partial charge in [-0.2, -0.15) is 0 Å². The van der Waals surface area contributed by atoms with Gasteiger partial charge in [0.2, 0.25) is 5.91 Å². The Balaban J connectivity index is 0.00000420. The number of carbonyl (C=O) groups excluding carboxylic acids is 1. The molecule has 0 radical (unpaired) electrons. The summed E-state index contributed by atoms with van der Waals surface area (Å²) in [6, 6.07) is 13.7. The summed E-state index contributed by atoms with van der Waals surface area (Å²) in [7, 11) is 1.93. The van der Waals surface area contributed by atoms with Crippen molar-refractivity contribution in [1.29, 1.82) is 0 Å². The van der Waals surface area contributed by atoms with Crippen LogP contribution in [0.4, 0.5) is 10.1 Å². The molecule has 0 atom stereocenters. The van der Waals surface area contributed by atoms with Crippen LogP contribution in [0.15, 0.2) is 53.5 Å². The summed E-state index contributed by atoms with van der Waals surface area (Å²) in [6.07, 6.45) is 0. The molecular formula is C21H28FIN4O2. The number of anilines is 1. The van der Waals surface area contributed by atoms with E-state index in [9.17, 15) is 9.18 Å². The minimum Gasteiger partial charge on any atom is -0.492 e. The lowest BCUT2D eigenvalue weighted by molar-refractivity contribution is -0.114. The topological polar surface area (TPSA) is 66.0 Å². The molecule has 0 aliphatic heterocycles. The predicted molar refractivity (Wildman–Crippen MR) is 126 cm³/mol. The molecule has 0 fully saturated rings. The summed E-state index contributed by atoms with van der Waals surface area (Å²) in [5.41, 5.74) is 1.70. The molecule has 0 heterocycles. The van der Waals surface area contributed by atoms with Crippen LogP contribution in [0.2, 0.25) is 0 Å². The predicted octanol–water partition coefficient (Wildman–Crippen LogP) is 3.88. The number of amides is 1. The van der Waals surface area contributed by atoms with E-state index in [1.54, 1.807) is 24.3 Å². The molecule has 0 bridgehead atoms. The highest BCUT2D eigenvalue weighted by molar-refractivity contribution is 14.0. The molecule has 1 amide bonds. The van der Waals surface area contributed by atoms with Crippen molar-refractivity contribution in [2.45, 2.75) is 20.4 Å². The quantitative estimate of drug-likeness (QED) is 0.243. The van der Waals surface area contributed by atoms with E-state index in [2.05, 4.69) is 15.6 Å². The normalized spacial score (nSPS) is 10.7. The lowest BCUT2D eigenvalue weighted by Gasteiger charge is -2.22. The van der Waals surface area contributed by atoms with Crippen LogP contribution in [0.3, 0.4) is 0 Å². The number of carbonyl (C=O) groups is 1. The number of hydrogen-bond acceptors (Lipinski definition) is 3. The van der Waals surface area contributed by atoms with E-state index < -0.39 is 0 Å². The van der Waals surface area contributed by atoms with Gasteiger partial charge in [0, 0.05) is 38.8 Å². The van der Waals surface area contributed by atoms with E-state index in [1.807, 2.05) is 31.0 Å². The minimum atomic E-state index is -0.244. The van der Waals surface area contributed by atoms with E-state index in [0.717, 1.165) is 18.1 Å². The molecule has 2 N–H and O–H groups in total. The molecule has 2 rings (SSSR count). The zero-order chi connectivity index (χ0) is 20.4. The number of ether oxygens (including phenoxy) is 1. The summed E-state index contributed by atoms with van der Waals surface area (Å²) in [5.74, 6) is 1.06. The third-order valence-corrected chi connectivity index (χ3v) is 3.81. The van der Waals surface area contributed by atoms with Gasteiger partial charge < -0.3 is 20.3 Å². The number of nitrogens with zero attached hydrogens (tertiary/aromatic N) is 2. The van der Waals surface area contributed by atoms with Crippen molar-refractivity contribution >= 4 is 41.5 Å². The number of halogens is 2. The largest absolute Gasteiger partial charge is 0.492 e. The van der Waals surface area contributed by atoms with Gasteiger partial charge in [0.1, 0.15) is 18.2 Å². The van der Waals surface area contributed by atoms with Gasteiger partial charge in [0.05, 0.1) is 6.54 Å². The monoisotopic (exact) mass is 514 g/mol. The van der Waals surface area contributed by atoms with E-state index in [-0.39, 0.29) is 35.7 Å². The first-order chi connectivity index (χ1) is 13.5. The lowest BCUT2D eigenvalue weighted by Crippen LogP contribution is -2.38. The van der Waals surface area contributed by atoms with Crippen LogP contribution in [0.25, 0.3) is 0 Å². The van der Waals surface area contributed by atoms with Crippen molar-refractivity contribution in [2.75, 3.05) is 32.1 Å².